The second-order valence-electron chi connectivity index (χ2n) is 5.05. The standard InChI is InChI=1S/C14H21NO3S/c1-9(2)15(8-12-6-5-7-19-12)13(16)10(3)11(4)14(17)18/h5-7,9-11H,8H2,1-4H3,(H,17,18). The highest BCUT2D eigenvalue weighted by atomic mass is 32.1. The van der Waals surface area contributed by atoms with Crippen molar-refractivity contribution in [1.29, 1.82) is 0 Å². The number of nitrogens with zero attached hydrogens (tertiary/aromatic N) is 1. The van der Waals surface area contributed by atoms with E-state index >= 15 is 0 Å². The molecule has 4 nitrogen and oxygen atoms in total. The van der Waals surface area contributed by atoms with Crippen molar-refractivity contribution < 1.29 is 14.7 Å². The van der Waals surface area contributed by atoms with Gasteiger partial charge in [0, 0.05) is 16.8 Å². The van der Waals surface area contributed by atoms with Gasteiger partial charge in [0.2, 0.25) is 5.91 Å². The van der Waals surface area contributed by atoms with Crippen molar-refractivity contribution in [2.24, 2.45) is 11.8 Å². The van der Waals surface area contributed by atoms with E-state index in [1.54, 1.807) is 30.1 Å². The Kier molecular flexibility index (Phi) is 5.54. The molecule has 1 amide bonds. The number of aliphatic carboxylic acids is 1. The summed E-state index contributed by atoms with van der Waals surface area (Å²) in [5.74, 6) is -2.21. The summed E-state index contributed by atoms with van der Waals surface area (Å²) in [6, 6.07) is 3.99. The van der Waals surface area contributed by atoms with Crippen LogP contribution in [0.2, 0.25) is 0 Å². The molecule has 0 saturated heterocycles. The number of rotatable bonds is 6. The van der Waals surface area contributed by atoms with Crippen LogP contribution in [0.15, 0.2) is 17.5 Å². The van der Waals surface area contributed by atoms with Crippen LogP contribution in [0.1, 0.15) is 32.6 Å². The molecule has 0 bridgehead atoms. The number of carbonyl (C=O) groups excluding carboxylic acids is 1. The minimum atomic E-state index is -0.930. The van der Waals surface area contributed by atoms with Crippen LogP contribution in [0.4, 0.5) is 0 Å². The van der Waals surface area contributed by atoms with E-state index in [1.165, 1.54) is 0 Å². The van der Waals surface area contributed by atoms with Gasteiger partial charge in [-0.05, 0) is 25.3 Å². The van der Waals surface area contributed by atoms with Gasteiger partial charge in [-0.3, -0.25) is 9.59 Å². The highest BCUT2D eigenvalue weighted by Crippen LogP contribution is 2.20. The Balaban J connectivity index is 2.81. The fraction of sp³-hybridized carbons (Fsp3) is 0.571. The van der Waals surface area contributed by atoms with E-state index in [1.807, 2.05) is 31.4 Å². The summed E-state index contributed by atoms with van der Waals surface area (Å²) in [4.78, 5) is 26.3. The second kappa shape index (κ2) is 6.70. The number of hydrogen-bond donors (Lipinski definition) is 1. The molecule has 0 aromatic carbocycles. The monoisotopic (exact) mass is 283 g/mol. The number of carboxylic acids is 1. The summed E-state index contributed by atoms with van der Waals surface area (Å²) in [6.07, 6.45) is 0. The first-order chi connectivity index (χ1) is 8.84. The van der Waals surface area contributed by atoms with E-state index in [-0.39, 0.29) is 11.9 Å². The Morgan fingerprint density at radius 1 is 1.26 bits per heavy atom. The van der Waals surface area contributed by atoms with Crippen LogP contribution in [0, 0.1) is 11.8 Å². The first kappa shape index (κ1) is 15.7. The van der Waals surface area contributed by atoms with Crippen LogP contribution in [0.3, 0.4) is 0 Å². The number of thiophene rings is 1. The van der Waals surface area contributed by atoms with Gasteiger partial charge >= 0.3 is 5.97 Å². The Morgan fingerprint density at radius 2 is 1.89 bits per heavy atom. The van der Waals surface area contributed by atoms with E-state index in [0.29, 0.717) is 6.54 Å². The maximum atomic E-state index is 12.4. The summed E-state index contributed by atoms with van der Waals surface area (Å²) >= 11 is 1.60. The van der Waals surface area contributed by atoms with Crippen LogP contribution in [0.5, 0.6) is 0 Å². The van der Waals surface area contributed by atoms with E-state index in [2.05, 4.69) is 0 Å². The van der Waals surface area contributed by atoms with Crippen molar-refractivity contribution in [2.75, 3.05) is 0 Å². The number of carboxylic acid groups (broad SMARTS) is 1. The molecule has 0 aliphatic rings. The molecule has 106 valence electrons. The lowest BCUT2D eigenvalue weighted by Crippen LogP contribution is -2.42. The van der Waals surface area contributed by atoms with Crippen LogP contribution in [0.25, 0.3) is 0 Å². The lowest BCUT2D eigenvalue weighted by atomic mass is 9.94. The molecular formula is C14H21NO3S. The quantitative estimate of drug-likeness (QED) is 0.873. The van der Waals surface area contributed by atoms with Gasteiger partial charge in [0.25, 0.3) is 0 Å². The molecule has 0 aliphatic carbocycles. The first-order valence-corrected chi connectivity index (χ1v) is 7.28. The van der Waals surface area contributed by atoms with Crippen molar-refractivity contribution >= 4 is 23.2 Å². The maximum Gasteiger partial charge on any atom is 0.307 e. The predicted molar refractivity (Wildman–Crippen MR) is 76.0 cm³/mol. The summed E-state index contributed by atoms with van der Waals surface area (Å²) in [5, 5.41) is 11.0. The Hall–Kier alpha value is -1.36. The molecule has 0 saturated carbocycles. The third-order valence-electron chi connectivity index (χ3n) is 3.34. The molecule has 5 heteroatoms. The fourth-order valence-corrected chi connectivity index (χ4v) is 2.48. The van der Waals surface area contributed by atoms with Gasteiger partial charge in [-0.1, -0.05) is 19.9 Å². The molecule has 0 aliphatic heterocycles. The third-order valence-corrected chi connectivity index (χ3v) is 4.20. The lowest BCUT2D eigenvalue weighted by molar-refractivity contribution is -0.150. The minimum absolute atomic E-state index is 0.0537. The molecule has 0 spiro atoms. The average Bonchev–Trinajstić information content (AvgIpc) is 2.85. The molecule has 1 rings (SSSR count). The van der Waals surface area contributed by atoms with Crippen LogP contribution in [-0.4, -0.2) is 27.9 Å². The molecule has 1 aromatic heterocycles. The van der Waals surface area contributed by atoms with Gasteiger partial charge in [-0.15, -0.1) is 11.3 Å². The van der Waals surface area contributed by atoms with Crippen LogP contribution < -0.4 is 0 Å². The largest absolute Gasteiger partial charge is 0.481 e. The van der Waals surface area contributed by atoms with Gasteiger partial charge < -0.3 is 10.0 Å². The SMILES string of the molecule is CC(C(=O)O)C(C)C(=O)N(Cc1cccs1)C(C)C. The van der Waals surface area contributed by atoms with Gasteiger partial charge in [-0.25, -0.2) is 0 Å². The summed E-state index contributed by atoms with van der Waals surface area (Å²) in [7, 11) is 0. The Morgan fingerprint density at radius 3 is 2.32 bits per heavy atom. The molecule has 2 unspecified atom stereocenters. The molecule has 0 fully saturated rings. The van der Waals surface area contributed by atoms with Crippen molar-refractivity contribution in [3.05, 3.63) is 22.4 Å². The smallest absolute Gasteiger partial charge is 0.307 e. The second-order valence-corrected chi connectivity index (χ2v) is 6.09. The van der Waals surface area contributed by atoms with E-state index in [9.17, 15) is 9.59 Å². The summed E-state index contributed by atoms with van der Waals surface area (Å²) in [5.41, 5.74) is 0. The number of hydrogen-bond acceptors (Lipinski definition) is 3. The summed E-state index contributed by atoms with van der Waals surface area (Å²) < 4.78 is 0. The maximum absolute atomic E-state index is 12.4. The zero-order valence-corrected chi connectivity index (χ0v) is 12.6. The lowest BCUT2D eigenvalue weighted by Gasteiger charge is -2.30. The van der Waals surface area contributed by atoms with Crippen molar-refractivity contribution in [2.45, 2.75) is 40.3 Å². The zero-order chi connectivity index (χ0) is 14.6. The van der Waals surface area contributed by atoms with Crippen molar-refractivity contribution in [1.82, 2.24) is 4.90 Å². The highest BCUT2D eigenvalue weighted by molar-refractivity contribution is 7.09. The van der Waals surface area contributed by atoms with Crippen LogP contribution in [-0.2, 0) is 16.1 Å². The molecule has 0 radical (unpaired) electrons. The zero-order valence-electron chi connectivity index (χ0n) is 11.8. The van der Waals surface area contributed by atoms with Gasteiger partial charge in [0.1, 0.15) is 0 Å². The molecule has 1 N–H and O–H groups in total. The third kappa shape index (κ3) is 4.06. The van der Waals surface area contributed by atoms with Gasteiger partial charge in [0.15, 0.2) is 0 Å². The van der Waals surface area contributed by atoms with Crippen molar-refractivity contribution in [3.63, 3.8) is 0 Å². The number of amides is 1. The Labute approximate surface area is 118 Å². The minimum Gasteiger partial charge on any atom is -0.481 e. The predicted octanol–water partition coefficient (Wildman–Crippen LogP) is 2.84. The fourth-order valence-electron chi connectivity index (χ4n) is 1.77. The molecular weight excluding hydrogens is 262 g/mol. The molecule has 1 aromatic rings. The Bertz CT molecular complexity index is 428. The van der Waals surface area contributed by atoms with Crippen LogP contribution >= 0.6 is 11.3 Å². The average molecular weight is 283 g/mol. The van der Waals surface area contributed by atoms with E-state index in [4.69, 9.17) is 5.11 Å². The normalized spacial score (nSPS) is 14.2. The topological polar surface area (TPSA) is 57.6 Å². The van der Waals surface area contributed by atoms with Gasteiger partial charge in [0.05, 0.1) is 12.5 Å². The van der Waals surface area contributed by atoms with E-state index < -0.39 is 17.8 Å². The highest BCUT2D eigenvalue weighted by Gasteiger charge is 2.30. The number of carbonyl (C=O) groups is 2. The summed E-state index contributed by atoms with van der Waals surface area (Å²) in [6.45, 7) is 7.71. The molecule has 19 heavy (non-hydrogen) atoms. The van der Waals surface area contributed by atoms with E-state index in [0.717, 1.165) is 4.88 Å². The van der Waals surface area contributed by atoms with Gasteiger partial charge in [-0.2, -0.15) is 0 Å². The molecule has 1 heterocycles. The molecule has 2 atom stereocenters. The van der Waals surface area contributed by atoms with Crippen molar-refractivity contribution in [3.8, 4) is 0 Å². The first-order valence-electron chi connectivity index (χ1n) is 6.40.